The van der Waals surface area contributed by atoms with E-state index in [4.69, 9.17) is 13.9 Å². The van der Waals surface area contributed by atoms with Crippen LogP contribution < -0.4 is 10.3 Å². The molecule has 0 amide bonds. The molecule has 0 radical (unpaired) electrons. The van der Waals surface area contributed by atoms with Gasteiger partial charge in [-0.2, -0.15) is 5.10 Å². The third kappa shape index (κ3) is 3.56. The van der Waals surface area contributed by atoms with E-state index in [9.17, 15) is 4.79 Å². The Hall–Kier alpha value is -3.52. The largest absolute Gasteiger partial charge is 0.446 e. The van der Waals surface area contributed by atoms with E-state index in [1.807, 2.05) is 39.0 Å². The van der Waals surface area contributed by atoms with Gasteiger partial charge in [-0.1, -0.05) is 6.07 Å². The molecule has 1 aliphatic heterocycles. The Balaban J connectivity index is 1.49. The van der Waals surface area contributed by atoms with Crippen LogP contribution in [0.25, 0.3) is 22.2 Å². The Labute approximate surface area is 184 Å². The average Bonchev–Trinajstić information content (AvgIpc) is 3.28. The molecule has 4 aromatic rings. The third-order valence-corrected chi connectivity index (χ3v) is 5.86. The lowest BCUT2D eigenvalue weighted by Gasteiger charge is -2.25. The second-order valence-electron chi connectivity index (χ2n) is 8.05. The number of hydrogen-bond donors (Lipinski definition) is 0. The quantitative estimate of drug-likeness (QED) is 0.454. The summed E-state index contributed by atoms with van der Waals surface area (Å²) in [5.41, 5.74) is 4.60. The normalized spacial score (nSPS) is 16.4. The molecule has 5 rings (SSSR count). The SMILES string of the molecule is Cc1cc(Oc2ncnc3occc23)ccc1-c1c(C)nn(C2CCCCO2)c(=O)c1C. The van der Waals surface area contributed by atoms with Crippen LogP contribution in [-0.2, 0) is 4.74 Å². The number of furan rings is 1. The smallest absolute Gasteiger partial charge is 0.272 e. The van der Waals surface area contributed by atoms with Gasteiger partial charge in [-0.05, 0) is 69.4 Å². The zero-order valence-electron chi connectivity index (χ0n) is 18.3. The number of fused-ring (bicyclic) bond motifs is 1. The van der Waals surface area contributed by atoms with Gasteiger partial charge < -0.3 is 13.9 Å². The summed E-state index contributed by atoms with van der Waals surface area (Å²) in [7, 11) is 0. The highest BCUT2D eigenvalue weighted by atomic mass is 16.5. The van der Waals surface area contributed by atoms with Crippen molar-refractivity contribution in [2.45, 2.75) is 46.3 Å². The maximum absolute atomic E-state index is 13.1. The molecule has 32 heavy (non-hydrogen) atoms. The van der Waals surface area contributed by atoms with Gasteiger partial charge >= 0.3 is 0 Å². The zero-order chi connectivity index (χ0) is 22.2. The summed E-state index contributed by atoms with van der Waals surface area (Å²) in [6, 6.07) is 7.52. The van der Waals surface area contributed by atoms with E-state index in [1.165, 1.54) is 11.0 Å². The number of aryl methyl sites for hydroxylation is 2. The molecule has 0 aliphatic carbocycles. The van der Waals surface area contributed by atoms with Gasteiger partial charge in [0.05, 0.1) is 12.0 Å². The second kappa shape index (κ2) is 8.20. The summed E-state index contributed by atoms with van der Waals surface area (Å²) >= 11 is 0. The summed E-state index contributed by atoms with van der Waals surface area (Å²) in [6.07, 6.45) is 5.55. The van der Waals surface area contributed by atoms with Crippen molar-refractivity contribution in [1.29, 1.82) is 0 Å². The number of aromatic nitrogens is 4. The lowest BCUT2D eigenvalue weighted by molar-refractivity contribution is -0.0428. The van der Waals surface area contributed by atoms with Gasteiger partial charge in [-0.25, -0.2) is 14.6 Å². The third-order valence-electron chi connectivity index (χ3n) is 5.86. The first-order valence-corrected chi connectivity index (χ1v) is 10.7. The summed E-state index contributed by atoms with van der Waals surface area (Å²) in [4.78, 5) is 21.4. The number of hydrogen-bond acceptors (Lipinski definition) is 7. The first-order valence-electron chi connectivity index (χ1n) is 10.7. The predicted octanol–water partition coefficient (Wildman–Crippen LogP) is 4.86. The number of ether oxygens (including phenoxy) is 2. The average molecular weight is 432 g/mol. The maximum Gasteiger partial charge on any atom is 0.272 e. The van der Waals surface area contributed by atoms with Crippen LogP contribution in [-0.4, -0.2) is 26.4 Å². The standard InChI is InChI=1S/C24H24N4O4/c1-14-12-17(32-23-19-9-11-31-22(19)25-13-26-23)7-8-18(14)21-15(2)24(29)28(27-16(21)3)20-6-4-5-10-30-20/h7-9,11-13,20H,4-6,10H2,1-3H3. The van der Waals surface area contributed by atoms with Crippen LogP contribution >= 0.6 is 0 Å². The molecule has 0 bridgehead atoms. The number of rotatable bonds is 4. The van der Waals surface area contributed by atoms with Crippen molar-refractivity contribution >= 4 is 11.1 Å². The lowest BCUT2D eigenvalue weighted by atomic mass is 9.96. The van der Waals surface area contributed by atoms with Crippen LogP contribution in [0.2, 0.25) is 0 Å². The zero-order valence-corrected chi connectivity index (χ0v) is 18.3. The molecule has 1 aliphatic rings. The summed E-state index contributed by atoms with van der Waals surface area (Å²) < 4.78 is 18.6. The molecule has 0 saturated carbocycles. The Morgan fingerprint density at radius 1 is 1.12 bits per heavy atom. The highest BCUT2D eigenvalue weighted by Gasteiger charge is 2.22. The van der Waals surface area contributed by atoms with E-state index in [1.54, 1.807) is 12.3 Å². The molecular weight excluding hydrogens is 408 g/mol. The van der Waals surface area contributed by atoms with Crippen LogP contribution in [0.4, 0.5) is 0 Å². The first-order chi connectivity index (χ1) is 15.5. The van der Waals surface area contributed by atoms with E-state index >= 15 is 0 Å². The summed E-state index contributed by atoms with van der Waals surface area (Å²) in [6.45, 7) is 6.44. The van der Waals surface area contributed by atoms with Gasteiger partial charge in [-0.3, -0.25) is 4.79 Å². The number of nitrogens with zero attached hydrogens (tertiary/aromatic N) is 4. The molecule has 1 saturated heterocycles. The van der Waals surface area contributed by atoms with Gasteiger partial charge in [0.1, 0.15) is 17.5 Å². The van der Waals surface area contributed by atoms with Crippen molar-refractivity contribution in [2.75, 3.05) is 6.61 Å². The van der Waals surface area contributed by atoms with E-state index in [-0.39, 0.29) is 11.8 Å². The van der Waals surface area contributed by atoms with Crippen molar-refractivity contribution in [2.24, 2.45) is 0 Å². The Bertz CT molecular complexity index is 1350. The highest BCUT2D eigenvalue weighted by Crippen LogP contribution is 2.33. The van der Waals surface area contributed by atoms with E-state index in [0.29, 0.717) is 34.9 Å². The minimum absolute atomic E-state index is 0.111. The molecule has 1 atom stereocenters. The van der Waals surface area contributed by atoms with Crippen LogP contribution in [0.5, 0.6) is 11.6 Å². The van der Waals surface area contributed by atoms with Crippen molar-refractivity contribution in [1.82, 2.24) is 19.7 Å². The summed E-state index contributed by atoms with van der Waals surface area (Å²) in [5.74, 6) is 1.07. The first kappa shape index (κ1) is 20.4. The summed E-state index contributed by atoms with van der Waals surface area (Å²) in [5, 5.41) is 5.32. The monoisotopic (exact) mass is 432 g/mol. The van der Waals surface area contributed by atoms with Crippen LogP contribution in [0.3, 0.4) is 0 Å². The molecule has 1 aromatic carbocycles. The van der Waals surface area contributed by atoms with Crippen LogP contribution in [0.15, 0.2) is 46.1 Å². The lowest BCUT2D eigenvalue weighted by Crippen LogP contribution is -2.33. The fraction of sp³-hybridized carbons (Fsp3) is 0.333. The van der Waals surface area contributed by atoms with Crippen LogP contribution in [0, 0.1) is 20.8 Å². The molecule has 1 fully saturated rings. The predicted molar refractivity (Wildman–Crippen MR) is 119 cm³/mol. The van der Waals surface area contributed by atoms with Crippen molar-refractivity contribution in [3.8, 4) is 22.8 Å². The van der Waals surface area contributed by atoms with Crippen molar-refractivity contribution in [3.63, 3.8) is 0 Å². The van der Waals surface area contributed by atoms with E-state index in [0.717, 1.165) is 41.6 Å². The molecule has 164 valence electrons. The highest BCUT2D eigenvalue weighted by molar-refractivity contribution is 5.79. The van der Waals surface area contributed by atoms with Crippen molar-refractivity contribution < 1.29 is 13.9 Å². The minimum atomic E-state index is -0.285. The van der Waals surface area contributed by atoms with Gasteiger partial charge in [-0.15, -0.1) is 0 Å². The number of benzene rings is 1. The van der Waals surface area contributed by atoms with Crippen LogP contribution in [0.1, 0.15) is 42.3 Å². The molecule has 0 spiro atoms. The Morgan fingerprint density at radius 3 is 2.78 bits per heavy atom. The molecular formula is C24H24N4O4. The molecule has 8 nitrogen and oxygen atoms in total. The van der Waals surface area contributed by atoms with E-state index in [2.05, 4.69) is 15.1 Å². The van der Waals surface area contributed by atoms with Crippen molar-refractivity contribution in [3.05, 3.63) is 64.0 Å². The maximum atomic E-state index is 13.1. The molecule has 0 N–H and O–H groups in total. The molecule has 4 heterocycles. The van der Waals surface area contributed by atoms with Gasteiger partial charge in [0.2, 0.25) is 11.6 Å². The minimum Gasteiger partial charge on any atom is -0.446 e. The Kier molecular flexibility index (Phi) is 5.22. The fourth-order valence-corrected chi connectivity index (χ4v) is 4.26. The Morgan fingerprint density at radius 2 is 2.00 bits per heavy atom. The van der Waals surface area contributed by atoms with Gasteiger partial charge in [0.15, 0.2) is 6.23 Å². The topological polar surface area (TPSA) is 92.3 Å². The van der Waals surface area contributed by atoms with E-state index < -0.39 is 0 Å². The second-order valence-corrected chi connectivity index (χ2v) is 8.05. The molecule has 8 heteroatoms. The van der Waals surface area contributed by atoms with Gasteiger partial charge in [0.25, 0.3) is 5.56 Å². The fourth-order valence-electron chi connectivity index (χ4n) is 4.26. The van der Waals surface area contributed by atoms with Gasteiger partial charge in [0, 0.05) is 17.7 Å². The molecule has 3 aromatic heterocycles. The molecule has 1 unspecified atom stereocenters.